The van der Waals surface area contributed by atoms with Crippen LogP contribution in [0.2, 0.25) is 0 Å². The first-order chi connectivity index (χ1) is 8.11. The van der Waals surface area contributed by atoms with E-state index in [1.54, 1.807) is 0 Å². The van der Waals surface area contributed by atoms with Crippen LogP contribution in [0.5, 0.6) is 0 Å². The largest absolute Gasteiger partial charge is 0.207 e. The Balaban J connectivity index is 2.24. The van der Waals surface area contributed by atoms with Crippen molar-refractivity contribution in [3.8, 4) is 6.07 Å². The third-order valence-electron chi connectivity index (χ3n) is 3.63. The molecule has 2 rings (SSSR count). The summed E-state index contributed by atoms with van der Waals surface area (Å²) >= 11 is 0. The van der Waals surface area contributed by atoms with Gasteiger partial charge < -0.3 is 0 Å². The lowest BCUT2D eigenvalue weighted by molar-refractivity contribution is 0.180. The SMILES string of the molecule is CCCC1CC(C#N)(c2ccc(F)cc2F)C1. The van der Waals surface area contributed by atoms with Crippen LogP contribution in [0.1, 0.15) is 38.2 Å². The van der Waals surface area contributed by atoms with Crippen LogP contribution >= 0.6 is 0 Å². The Morgan fingerprint density at radius 2 is 2.12 bits per heavy atom. The quantitative estimate of drug-likeness (QED) is 0.778. The summed E-state index contributed by atoms with van der Waals surface area (Å²) in [5.74, 6) is -0.686. The molecule has 0 spiro atoms. The number of rotatable bonds is 3. The summed E-state index contributed by atoms with van der Waals surface area (Å²) in [6.45, 7) is 2.10. The lowest BCUT2D eigenvalue weighted by Crippen LogP contribution is -2.40. The van der Waals surface area contributed by atoms with E-state index < -0.39 is 17.0 Å². The van der Waals surface area contributed by atoms with Gasteiger partial charge >= 0.3 is 0 Å². The monoisotopic (exact) mass is 235 g/mol. The molecule has 0 atom stereocenters. The Morgan fingerprint density at radius 3 is 2.65 bits per heavy atom. The van der Waals surface area contributed by atoms with Crippen LogP contribution in [0.3, 0.4) is 0 Å². The normalized spacial score (nSPS) is 27.3. The Kier molecular flexibility index (Phi) is 3.15. The summed E-state index contributed by atoms with van der Waals surface area (Å²) in [7, 11) is 0. The molecule has 1 saturated carbocycles. The first-order valence-electron chi connectivity index (χ1n) is 5.98. The average molecular weight is 235 g/mol. The summed E-state index contributed by atoms with van der Waals surface area (Å²) in [4.78, 5) is 0. The fraction of sp³-hybridized carbons (Fsp3) is 0.500. The van der Waals surface area contributed by atoms with Crippen molar-refractivity contribution in [1.82, 2.24) is 0 Å². The van der Waals surface area contributed by atoms with Crippen LogP contribution < -0.4 is 0 Å². The second-order valence-corrected chi connectivity index (χ2v) is 4.88. The molecule has 1 aromatic carbocycles. The van der Waals surface area contributed by atoms with E-state index in [0.29, 0.717) is 24.3 Å². The highest BCUT2D eigenvalue weighted by Gasteiger charge is 2.46. The molecule has 1 aliphatic rings. The molecular formula is C14H15F2N. The van der Waals surface area contributed by atoms with Crippen molar-refractivity contribution in [3.63, 3.8) is 0 Å². The van der Waals surface area contributed by atoms with E-state index in [0.717, 1.165) is 18.9 Å². The van der Waals surface area contributed by atoms with Gasteiger partial charge in [-0.05, 0) is 24.8 Å². The van der Waals surface area contributed by atoms with Crippen molar-refractivity contribution >= 4 is 0 Å². The van der Waals surface area contributed by atoms with Gasteiger partial charge in [0.05, 0.1) is 11.5 Å². The second-order valence-electron chi connectivity index (χ2n) is 4.88. The van der Waals surface area contributed by atoms with Crippen LogP contribution in [0.25, 0.3) is 0 Å². The zero-order chi connectivity index (χ0) is 12.5. The van der Waals surface area contributed by atoms with Gasteiger partial charge in [-0.2, -0.15) is 5.26 Å². The maximum atomic E-state index is 13.7. The molecule has 1 aliphatic carbocycles. The van der Waals surface area contributed by atoms with E-state index in [2.05, 4.69) is 13.0 Å². The zero-order valence-corrected chi connectivity index (χ0v) is 9.84. The second kappa shape index (κ2) is 4.44. The molecule has 1 nitrogen and oxygen atoms in total. The Labute approximate surface area is 100 Å². The van der Waals surface area contributed by atoms with Crippen LogP contribution in [-0.4, -0.2) is 0 Å². The Morgan fingerprint density at radius 1 is 1.41 bits per heavy atom. The van der Waals surface area contributed by atoms with E-state index in [9.17, 15) is 14.0 Å². The van der Waals surface area contributed by atoms with E-state index >= 15 is 0 Å². The van der Waals surface area contributed by atoms with Gasteiger partial charge in [0, 0.05) is 11.6 Å². The van der Waals surface area contributed by atoms with Gasteiger partial charge in [0.25, 0.3) is 0 Å². The Hall–Kier alpha value is -1.43. The lowest BCUT2D eigenvalue weighted by atomic mass is 9.58. The molecule has 1 aromatic rings. The van der Waals surface area contributed by atoms with Gasteiger partial charge in [0.2, 0.25) is 0 Å². The number of nitrogens with zero attached hydrogens (tertiary/aromatic N) is 1. The van der Waals surface area contributed by atoms with E-state index in [-0.39, 0.29) is 0 Å². The van der Waals surface area contributed by atoms with Gasteiger partial charge in [-0.1, -0.05) is 25.8 Å². The number of hydrogen-bond donors (Lipinski definition) is 0. The van der Waals surface area contributed by atoms with Crippen molar-refractivity contribution in [2.24, 2.45) is 5.92 Å². The van der Waals surface area contributed by atoms with Crippen LogP contribution in [0.15, 0.2) is 18.2 Å². The smallest absolute Gasteiger partial charge is 0.130 e. The summed E-state index contributed by atoms with van der Waals surface area (Å²) in [6, 6.07) is 5.72. The van der Waals surface area contributed by atoms with Crippen molar-refractivity contribution in [2.75, 3.05) is 0 Å². The molecule has 0 heterocycles. The molecule has 0 aliphatic heterocycles. The molecule has 17 heavy (non-hydrogen) atoms. The van der Waals surface area contributed by atoms with Gasteiger partial charge in [-0.25, -0.2) is 8.78 Å². The molecule has 0 amide bonds. The van der Waals surface area contributed by atoms with Crippen molar-refractivity contribution in [3.05, 3.63) is 35.4 Å². The fourth-order valence-electron chi connectivity index (χ4n) is 2.79. The highest BCUT2D eigenvalue weighted by molar-refractivity contribution is 5.37. The van der Waals surface area contributed by atoms with Crippen molar-refractivity contribution in [2.45, 2.75) is 38.0 Å². The summed E-state index contributed by atoms with van der Waals surface area (Å²) in [5.41, 5.74) is -0.369. The van der Waals surface area contributed by atoms with Crippen molar-refractivity contribution < 1.29 is 8.78 Å². The zero-order valence-electron chi connectivity index (χ0n) is 9.84. The van der Waals surface area contributed by atoms with Crippen LogP contribution in [-0.2, 0) is 5.41 Å². The molecule has 90 valence electrons. The molecule has 0 N–H and O–H groups in total. The fourth-order valence-corrected chi connectivity index (χ4v) is 2.79. The topological polar surface area (TPSA) is 23.8 Å². The minimum atomic E-state index is -0.725. The minimum absolute atomic E-state index is 0.355. The van der Waals surface area contributed by atoms with E-state index in [1.165, 1.54) is 12.1 Å². The molecule has 1 fully saturated rings. The molecule has 0 aromatic heterocycles. The van der Waals surface area contributed by atoms with Gasteiger partial charge in [0.1, 0.15) is 11.6 Å². The van der Waals surface area contributed by atoms with E-state index in [1.807, 2.05) is 0 Å². The summed E-state index contributed by atoms with van der Waals surface area (Å²) < 4.78 is 26.5. The molecule has 0 unspecified atom stereocenters. The first kappa shape index (κ1) is 12.0. The molecule has 0 bridgehead atoms. The van der Waals surface area contributed by atoms with Crippen LogP contribution in [0, 0.1) is 28.9 Å². The highest BCUT2D eigenvalue weighted by Crippen LogP contribution is 2.49. The average Bonchev–Trinajstić information content (AvgIpc) is 2.24. The maximum absolute atomic E-state index is 13.7. The third-order valence-corrected chi connectivity index (χ3v) is 3.63. The molecule has 3 heteroatoms. The Bertz CT molecular complexity index is 456. The van der Waals surface area contributed by atoms with Crippen molar-refractivity contribution in [1.29, 1.82) is 5.26 Å². The number of benzene rings is 1. The predicted molar refractivity (Wildman–Crippen MR) is 61.3 cm³/mol. The third kappa shape index (κ3) is 2.04. The first-order valence-corrected chi connectivity index (χ1v) is 5.98. The van der Waals surface area contributed by atoms with Crippen LogP contribution in [0.4, 0.5) is 8.78 Å². The molecule has 0 radical (unpaired) electrons. The predicted octanol–water partition coefficient (Wildman–Crippen LogP) is 3.94. The van der Waals surface area contributed by atoms with E-state index in [4.69, 9.17) is 0 Å². The summed E-state index contributed by atoms with van der Waals surface area (Å²) in [6.07, 6.45) is 3.55. The van der Waals surface area contributed by atoms with Gasteiger partial charge in [0.15, 0.2) is 0 Å². The standard InChI is InChI=1S/C14H15F2N/c1-2-3-10-7-14(8-10,9-17)12-5-4-11(15)6-13(12)16/h4-6,10H,2-3,7-8H2,1H3. The van der Waals surface area contributed by atoms with Gasteiger partial charge in [-0.15, -0.1) is 0 Å². The minimum Gasteiger partial charge on any atom is -0.207 e. The molecule has 0 saturated heterocycles. The number of nitriles is 1. The highest BCUT2D eigenvalue weighted by atomic mass is 19.1. The number of hydrogen-bond acceptors (Lipinski definition) is 1. The lowest BCUT2D eigenvalue weighted by Gasteiger charge is -2.43. The number of halogens is 2. The summed E-state index contributed by atoms with van der Waals surface area (Å²) in [5, 5.41) is 9.26. The maximum Gasteiger partial charge on any atom is 0.130 e. The molecular weight excluding hydrogens is 220 g/mol. The van der Waals surface area contributed by atoms with Gasteiger partial charge in [-0.3, -0.25) is 0 Å².